The fraction of sp³-hybridized carbons (Fsp3) is 0.0413. The molecule has 16 aromatic carbocycles. The summed E-state index contributed by atoms with van der Waals surface area (Å²) in [4.78, 5) is 73.3. The maximum Gasteiger partial charge on any atom is 0.349 e. The molecule has 0 fully saturated rings. The Balaban J connectivity index is 0.000000214. The van der Waals surface area contributed by atoms with E-state index in [1.54, 1.807) is 243 Å². The SMILES string of the molecule is [C-]#[N+]/C(C#N)=C(/c1ccc(-c2ccccc2)cc1)c1ccc2ccccc2c1.[C-]#[N+]/C(C#N)=C(/c1ccc(-c2ccccc2)cc1)c1cccc2ccccc12.[C-]#[N+]C(C(=O)OCC(COC(=O)C(C#N)=C(c1ccccc1)c1ccccc1)(COC(=O)C(C#N)=C(c1ccccc1)c1ccccc1)COC(=O)C([N+]#[C-])=C(c1ccccc1)c1ccccc1)=C(c1ccccc1)c1ccccc1. The van der Waals surface area contributed by atoms with Gasteiger partial charge in [-0.15, -0.1) is 0 Å². The fourth-order valence-corrected chi connectivity index (χ4v) is 15.7. The molecule has 0 aliphatic heterocycles. The molecule has 0 aromatic heterocycles. The molecular weight excluding hydrogens is 1690 g/mol. The van der Waals surface area contributed by atoms with Crippen LogP contribution in [0.3, 0.4) is 0 Å². The molecule has 0 unspecified atom stereocenters. The summed E-state index contributed by atoms with van der Waals surface area (Å²) in [7, 11) is 0. The molecule has 0 aliphatic carbocycles. The number of hydrogen-bond donors (Lipinski definition) is 0. The van der Waals surface area contributed by atoms with E-state index < -0.39 is 78.3 Å². The second-order valence-electron chi connectivity index (χ2n) is 31.0. The average Bonchev–Trinajstić information content (AvgIpc) is 0.783. The molecule has 0 amide bonds. The van der Waals surface area contributed by atoms with Crippen LogP contribution in [0.25, 0.3) is 96.6 Å². The van der Waals surface area contributed by atoms with Gasteiger partial charge in [-0.05, 0) is 117 Å². The van der Waals surface area contributed by atoms with E-state index in [9.17, 15) is 40.2 Å². The number of nitrogens with zero attached hydrogens (tertiary/aromatic N) is 8. The number of rotatable bonds is 26. The third kappa shape index (κ3) is 22.9. The van der Waals surface area contributed by atoms with Gasteiger partial charge in [0.1, 0.15) is 55.1 Å². The summed E-state index contributed by atoms with van der Waals surface area (Å²) in [6.45, 7) is 28.2. The highest BCUT2D eigenvalue weighted by atomic mass is 16.6. The molecule has 0 radical (unpaired) electrons. The molecule has 16 rings (SSSR count). The highest BCUT2D eigenvalue weighted by Gasteiger charge is 2.41. The Morgan fingerprint density at radius 2 is 0.496 bits per heavy atom. The summed E-state index contributed by atoms with van der Waals surface area (Å²) < 4.78 is 24.3. The van der Waals surface area contributed by atoms with Gasteiger partial charge in [0.05, 0.1) is 38.4 Å². The number of ether oxygens (including phenoxy) is 4. The zero-order valence-corrected chi connectivity index (χ0v) is 73.7. The number of esters is 4. The smallest absolute Gasteiger partial charge is 0.349 e. The highest BCUT2D eigenvalue weighted by molar-refractivity contribution is 6.08. The fourth-order valence-electron chi connectivity index (χ4n) is 15.7. The Morgan fingerprint density at radius 3 is 0.825 bits per heavy atom. The van der Waals surface area contributed by atoms with E-state index in [0.29, 0.717) is 55.7 Å². The van der Waals surface area contributed by atoms with Crippen molar-refractivity contribution in [2.24, 2.45) is 5.41 Å². The second kappa shape index (κ2) is 46.5. The minimum absolute atomic E-state index is 0.0998. The van der Waals surface area contributed by atoms with E-state index in [0.717, 1.165) is 66.1 Å². The van der Waals surface area contributed by atoms with Gasteiger partial charge < -0.3 is 18.9 Å². The third-order valence-electron chi connectivity index (χ3n) is 22.3. The number of fused-ring (bicyclic) bond motifs is 2. The van der Waals surface area contributed by atoms with E-state index in [1.807, 2.05) is 176 Å². The van der Waals surface area contributed by atoms with Crippen LogP contribution in [0.4, 0.5) is 0 Å². The topological polar surface area (TPSA) is 218 Å². The zero-order chi connectivity index (χ0) is 95.5. The lowest BCUT2D eigenvalue weighted by Crippen LogP contribution is -2.44. The van der Waals surface area contributed by atoms with Crippen molar-refractivity contribution in [3.8, 4) is 46.5 Å². The number of benzene rings is 16. The van der Waals surface area contributed by atoms with E-state index in [4.69, 9.17) is 45.2 Å². The van der Waals surface area contributed by atoms with Gasteiger partial charge >= 0.3 is 23.9 Å². The Bertz CT molecular complexity index is 6950. The van der Waals surface area contributed by atoms with Gasteiger partial charge in [0.15, 0.2) is 0 Å². The second-order valence-corrected chi connectivity index (χ2v) is 31.0. The van der Waals surface area contributed by atoms with Crippen molar-refractivity contribution in [3.05, 3.63) is 583 Å². The minimum atomic E-state index is -2.11. The summed E-state index contributed by atoms with van der Waals surface area (Å²) in [5, 5.41) is 45.1. The van der Waals surface area contributed by atoms with Crippen LogP contribution in [0, 0.1) is 77.0 Å². The molecule has 137 heavy (non-hydrogen) atoms. The molecule has 0 N–H and O–H groups in total. The molecule has 16 nitrogen and oxygen atoms in total. The molecule has 0 atom stereocenters. The van der Waals surface area contributed by atoms with Gasteiger partial charge in [0.2, 0.25) is 0 Å². The van der Waals surface area contributed by atoms with Gasteiger partial charge in [-0.3, -0.25) is 9.59 Å². The monoisotopic (exact) mass is 1770 g/mol. The molecule has 652 valence electrons. The molecule has 0 saturated heterocycles. The van der Waals surface area contributed by atoms with E-state index >= 15 is 0 Å². The lowest BCUT2D eigenvalue weighted by molar-refractivity contribution is -0.165. The molecule has 0 bridgehead atoms. The lowest BCUT2D eigenvalue weighted by atomic mass is 9.91. The summed E-state index contributed by atoms with van der Waals surface area (Å²) in [6, 6.07) is 142. The van der Waals surface area contributed by atoms with Crippen LogP contribution in [0.15, 0.2) is 471 Å². The summed E-state index contributed by atoms with van der Waals surface area (Å²) >= 11 is 0. The molecule has 16 heteroatoms. The number of hydrogen-bond acceptors (Lipinski definition) is 12. The third-order valence-corrected chi connectivity index (χ3v) is 22.3. The van der Waals surface area contributed by atoms with Crippen molar-refractivity contribution >= 4 is 78.9 Å². The predicted octanol–water partition coefficient (Wildman–Crippen LogP) is 26.4. The number of allylic oxidation sites excluding steroid dienone is 2. The van der Waals surface area contributed by atoms with Gasteiger partial charge in [0, 0.05) is 33.4 Å². The lowest BCUT2D eigenvalue weighted by Gasteiger charge is -2.32. The van der Waals surface area contributed by atoms with Crippen LogP contribution in [0.5, 0.6) is 0 Å². The maximum atomic E-state index is 14.7. The van der Waals surface area contributed by atoms with Crippen LogP contribution >= 0.6 is 0 Å². The normalized spacial score (nSPS) is 10.7. The predicted molar refractivity (Wildman–Crippen MR) is 534 cm³/mol. The van der Waals surface area contributed by atoms with Gasteiger partial charge in [-0.2, -0.15) is 10.5 Å². The van der Waals surface area contributed by atoms with Gasteiger partial charge in [-0.1, -0.05) is 431 Å². The minimum Gasteiger partial charge on any atom is -0.470 e. The first-order chi connectivity index (χ1) is 67.3. The van der Waals surface area contributed by atoms with E-state index in [-0.39, 0.29) is 33.7 Å². The van der Waals surface area contributed by atoms with Crippen LogP contribution in [0.1, 0.15) is 66.8 Å². The van der Waals surface area contributed by atoms with Crippen molar-refractivity contribution < 1.29 is 38.1 Å². The molecule has 0 spiro atoms. The zero-order valence-electron chi connectivity index (χ0n) is 73.7. The van der Waals surface area contributed by atoms with Crippen molar-refractivity contribution in [2.75, 3.05) is 26.4 Å². The van der Waals surface area contributed by atoms with E-state index in [2.05, 4.69) is 61.9 Å². The van der Waals surface area contributed by atoms with Gasteiger partial charge in [-0.25, -0.2) is 39.5 Å². The molecule has 0 aliphatic rings. The van der Waals surface area contributed by atoms with Crippen LogP contribution in [0.2, 0.25) is 0 Å². The summed E-state index contributed by atoms with van der Waals surface area (Å²) in [5.74, 6) is -4.62. The standard InChI is InChI=1S/C69H48N4O8.2C26H16N2/c1-72-63(61(53-35-19-7-20-36-53)54-37-21-8-22-38-54)67(76)80-47-69(45-78-65(74)57(43-70)59(49-27-11-3-12-28-49)50-29-13-4-14-30-50,46-79-66(75)58(44-71)60(51-31-15-5-16-32-51)52-33-17-6-18-34-52)48-81-68(77)64(73-2)62(55-39-23-9-24-40-55)56-41-25-10-26-42-56;1-28-25(18-27)26(24-13-7-11-21-10-5-6-12-23(21)24)22-16-14-20(15-17-22)19-8-3-2-4-9-19;1-28-25(18-27)26(24-16-13-20-9-5-6-10-23(20)17-24)22-14-11-21(12-15-22)19-7-3-2-4-8-19/h3-42H,45-48H2;2*2-17H/b;2*26-25-. The Hall–Kier alpha value is -19.7. The summed E-state index contributed by atoms with van der Waals surface area (Å²) in [5.41, 5.74) is 10.6. The summed E-state index contributed by atoms with van der Waals surface area (Å²) in [6.07, 6.45) is 0. The molecule has 0 saturated carbocycles. The number of carbonyl (C=O) groups excluding carboxylic acids is 4. The molecular formula is C121H80N8O8. The Morgan fingerprint density at radius 1 is 0.234 bits per heavy atom. The first-order valence-corrected chi connectivity index (χ1v) is 43.3. The van der Waals surface area contributed by atoms with Gasteiger partial charge in [0.25, 0.3) is 22.8 Å². The Kier molecular flexibility index (Phi) is 31.7. The molecule has 0 heterocycles. The number of carbonyl (C=O) groups is 4. The maximum absolute atomic E-state index is 14.7. The van der Waals surface area contributed by atoms with Crippen LogP contribution in [-0.4, -0.2) is 50.3 Å². The number of nitriles is 4. The molecule has 16 aromatic rings. The average molecular weight is 1770 g/mol. The largest absolute Gasteiger partial charge is 0.470 e. The quantitative estimate of drug-likeness (QED) is 0.0163. The van der Waals surface area contributed by atoms with Crippen LogP contribution < -0.4 is 0 Å². The van der Waals surface area contributed by atoms with Crippen molar-refractivity contribution in [1.29, 1.82) is 21.0 Å². The van der Waals surface area contributed by atoms with Crippen molar-refractivity contribution in [2.45, 2.75) is 0 Å². The van der Waals surface area contributed by atoms with Crippen molar-refractivity contribution in [1.82, 2.24) is 0 Å². The first kappa shape index (κ1) is 93.4. The van der Waals surface area contributed by atoms with E-state index in [1.165, 1.54) is 0 Å². The Labute approximate surface area is 794 Å². The van der Waals surface area contributed by atoms with Crippen LogP contribution in [-0.2, 0) is 38.1 Å². The first-order valence-electron chi connectivity index (χ1n) is 43.3. The highest BCUT2D eigenvalue weighted by Crippen LogP contribution is 2.39. The van der Waals surface area contributed by atoms with Crippen molar-refractivity contribution in [3.63, 3.8) is 0 Å².